The van der Waals surface area contributed by atoms with E-state index in [0.29, 0.717) is 17.8 Å². The van der Waals surface area contributed by atoms with Crippen LogP contribution in [0.5, 0.6) is 0 Å². The molecule has 3 nitrogen and oxygen atoms in total. The van der Waals surface area contributed by atoms with Crippen LogP contribution in [-0.4, -0.2) is 18.6 Å². The van der Waals surface area contributed by atoms with Crippen molar-refractivity contribution in [1.29, 1.82) is 0 Å². The Hall–Kier alpha value is -0.830. The summed E-state index contributed by atoms with van der Waals surface area (Å²) in [6.07, 6.45) is 11.1. The van der Waals surface area contributed by atoms with E-state index in [2.05, 4.69) is 12.2 Å². The summed E-state index contributed by atoms with van der Waals surface area (Å²) in [6, 6.07) is 0. The lowest BCUT2D eigenvalue weighted by Gasteiger charge is -2.29. The average Bonchev–Trinajstić information content (AvgIpc) is 3.02. The van der Waals surface area contributed by atoms with Gasteiger partial charge in [0.25, 0.3) is 0 Å². The summed E-state index contributed by atoms with van der Waals surface area (Å²) in [4.78, 5) is 12.2. The maximum atomic E-state index is 12.2. The fourth-order valence-corrected chi connectivity index (χ4v) is 3.79. The van der Waals surface area contributed by atoms with Gasteiger partial charge < -0.3 is 10.5 Å². The van der Waals surface area contributed by atoms with E-state index in [9.17, 15) is 4.79 Å². The molecule has 3 unspecified atom stereocenters. The van der Waals surface area contributed by atoms with E-state index in [1.807, 2.05) is 0 Å². The topological polar surface area (TPSA) is 52.3 Å². The van der Waals surface area contributed by atoms with Crippen LogP contribution in [0, 0.1) is 23.7 Å². The summed E-state index contributed by atoms with van der Waals surface area (Å²) >= 11 is 0. The van der Waals surface area contributed by atoms with Crippen LogP contribution in [-0.2, 0) is 9.53 Å². The summed E-state index contributed by atoms with van der Waals surface area (Å²) < 4.78 is 5.71. The number of esters is 1. The van der Waals surface area contributed by atoms with E-state index in [4.69, 9.17) is 10.5 Å². The molecule has 2 fully saturated rings. The van der Waals surface area contributed by atoms with Crippen LogP contribution in [0.25, 0.3) is 0 Å². The third-order valence-corrected chi connectivity index (χ3v) is 4.99. The van der Waals surface area contributed by atoms with Crippen LogP contribution < -0.4 is 5.73 Å². The lowest BCUT2D eigenvalue weighted by atomic mass is 9.87. The van der Waals surface area contributed by atoms with Crippen molar-refractivity contribution in [3.63, 3.8) is 0 Å². The van der Waals surface area contributed by atoms with Gasteiger partial charge in [0.1, 0.15) is 6.10 Å². The molecule has 0 amide bonds. The second-order valence-electron chi connectivity index (χ2n) is 6.20. The maximum absolute atomic E-state index is 12.2. The molecule has 0 aromatic carbocycles. The molecular formula is C15H23NO2. The number of allylic oxidation sites excluding steroid dienone is 2. The van der Waals surface area contributed by atoms with Gasteiger partial charge in [0.2, 0.25) is 0 Å². The molecule has 3 atom stereocenters. The normalized spacial score (nSPS) is 42.2. The summed E-state index contributed by atoms with van der Waals surface area (Å²) in [5.41, 5.74) is 5.68. The van der Waals surface area contributed by atoms with Crippen LogP contribution in [0.4, 0.5) is 0 Å². The second kappa shape index (κ2) is 5.04. The van der Waals surface area contributed by atoms with E-state index in [1.165, 1.54) is 6.42 Å². The number of nitrogens with two attached hydrogens (primary N) is 1. The number of hydrogen-bond donors (Lipinski definition) is 1. The zero-order valence-electron chi connectivity index (χ0n) is 10.9. The molecule has 0 aromatic rings. The molecular weight excluding hydrogens is 226 g/mol. The molecule has 2 N–H and O–H groups in total. The van der Waals surface area contributed by atoms with Crippen molar-refractivity contribution in [2.24, 2.45) is 29.4 Å². The molecule has 3 rings (SSSR count). The molecule has 2 saturated carbocycles. The summed E-state index contributed by atoms with van der Waals surface area (Å²) in [5.74, 6) is 1.95. The molecule has 0 aliphatic heterocycles. The predicted octanol–water partition coefficient (Wildman–Crippen LogP) is 2.26. The van der Waals surface area contributed by atoms with Crippen molar-refractivity contribution < 1.29 is 9.53 Å². The van der Waals surface area contributed by atoms with Gasteiger partial charge in [-0.05, 0) is 62.8 Å². The van der Waals surface area contributed by atoms with Gasteiger partial charge in [-0.15, -0.1) is 0 Å². The molecule has 0 aromatic heterocycles. The first-order valence-corrected chi connectivity index (χ1v) is 7.35. The van der Waals surface area contributed by atoms with Crippen molar-refractivity contribution in [2.75, 3.05) is 6.54 Å². The Kier molecular flexibility index (Phi) is 3.42. The van der Waals surface area contributed by atoms with E-state index in [1.54, 1.807) is 0 Å². The van der Waals surface area contributed by atoms with Crippen molar-refractivity contribution in [2.45, 2.75) is 44.6 Å². The Balaban J connectivity index is 1.49. The van der Waals surface area contributed by atoms with Gasteiger partial charge in [-0.1, -0.05) is 12.2 Å². The standard InChI is InChI=1S/C15H23NO2/c16-9-10-2-5-13(6-3-10)18-15(17)14-8-11-1-4-12(14)7-11/h1,4,10-14H,2-3,5-9,16H2. The largest absolute Gasteiger partial charge is 0.462 e. The van der Waals surface area contributed by atoms with Gasteiger partial charge in [0, 0.05) is 0 Å². The number of rotatable bonds is 3. The number of carbonyl (C=O) groups excluding carboxylic acids is 1. The second-order valence-corrected chi connectivity index (χ2v) is 6.20. The van der Waals surface area contributed by atoms with Crippen LogP contribution in [0.15, 0.2) is 12.2 Å². The Morgan fingerprint density at radius 1 is 1.17 bits per heavy atom. The monoisotopic (exact) mass is 249 g/mol. The minimum Gasteiger partial charge on any atom is -0.462 e. The SMILES string of the molecule is NCC1CCC(OC(=O)C2CC3C=CC2C3)CC1. The van der Waals surface area contributed by atoms with E-state index in [-0.39, 0.29) is 18.0 Å². The molecule has 100 valence electrons. The van der Waals surface area contributed by atoms with Gasteiger partial charge in [0.05, 0.1) is 5.92 Å². The highest BCUT2D eigenvalue weighted by Gasteiger charge is 2.41. The number of ether oxygens (including phenoxy) is 1. The van der Waals surface area contributed by atoms with Crippen LogP contribution >= 0.6 is 0 Å². The Labute approximate surface area is 109 Å². The number of fused-ring (bicyclic) bond motifs is 2. The van der Waals surface area contributed by atoms with Crippen molar-refractivity contribution >= 4 is 5.97 Å². The van der Waals surface area contributed by atoms with Crippen LogP contribution in [0.2, 0.25) is 0 Å². The average molecular weight is 249 g/mol. The first-order chi connectivity index (χ1) is 8.76. The highest BCUT2D eigenvalue weighted by Crippen LogP contribution is 2.44. The fraction of sp³-hybridized carbons (Fsp3) is 0.800. The van der Waals surface area contributed by atoms with Crippen molar-refractivity contribution in [1.82, 2.24) is 0 Å². The molecule has 0 saturated heterocycles. The van der Waals surface area contributed by atoms with Crippen LogP contribution in [0.3, 0.4) is 0 Å². The summed E-state index contributed by atoms with van der Waals surface area (Å²) in [6.45, 7) is 0.776. The molecule has 3 heteroatoms. The van der Waals surface area contributed by atoms with Gasteiger partial charge >= 0.3 is 5.97 Å². The zero-order chi connectivity index (χ0) is 12.5. The maximum Gasteiger partial charge on any atom is 0.309 e. The van der Waals surface area contributed by atoms with E-state index in [0.717, 1.165) is 38.6 Å². The van der Waals surface area contributed by atoms with E-state index < -0.39 is 0 Å². The van der Waals surface area contributed by atoms with E-state index >= 15 is 0 Å². The Morgan fingerprint density at radius 3 is 2.50 bits per heavy atom. The lowest BCUT2D eigenvalue weighted by molar-refractivity contribution is -0.156. The first kappa shape index (κ1) is 12.2. The van der Waals surface area contributed by atoms with Gasteiger partial charge in [-0.25, -0.2) is 0 Å². The lowest BCUT2D eigenvalue weighted by Crippen LogP contribution is -2.31. The Morgan fingerprint density at radius 2 is 1.94 bits per heavy atom. The van der Waals surface area contributed by atoms with Gasteiger partial charge in [-0.3, -0.25) is 4.79 Å². The summed E-state index contributed by atoms with van der Waals surface area (Å²) in [7, 11) is 0. The smallest absolute Gasteiger partial charge is 0.309 e. The minimum absolute atomic E-state index is 0.0584. The molecule has 18 heavy (non-hydrogen) atoms. The molecule has 3 aliphatic rings. The fourth-order valence-electron chi connectivity index (χ4n) is 3.79. The quantitative estimate of drug-likeness (QED) is 0.616. The third-order valence-electron chi connectivity index (χ3n) is 4.99. The van der Waals surface area contributed by atoms with Gasteiger partial charge in [-0.2, -0.15) is 0 Å². The third kappa shape index (κ3) is 2.33. The highest BCUT2D eigenvalue weighted by atomic mass is 16.5. The molecule has 0 radical (unpaired) electrons. The zero-order valence-corrected chi connectivity index (χ0v) is 10.9. The first-order valence-electron chi connectivity index (χ1n) is 7.35. The molecule has 3 aliphatic carbocycles. The molecule has 0 spiro atoms. The predicted molar refractivity (Wildman–Crippen MR) is 69.7 cm³/mol. The summed E-state index contributed by atoms with van der Waals surface area (Å²) in [5, 5.41) is 0. The number of hydrogen-bond acceptors (Lipinski definition) is 3. The van der Waals surface area contributed by atoms with Gasteiger partial charge in [0.15, 0.2) is 0 Å². The van der Waals surface area contributed by atoms with Crippen molar-refractivity contribution in [3.05, 3.63) is 12.2 Å². The Bertz CT molecular complexity index is 344. The highest BCUT2D eigenvalue weighted by molar-refractivity contribution is 5.74. The van der Waals surface area contributed by atoms with Crippen LogP contribution in [0.1, 0.15) is 38.5 Å². The number of carbonyl (C=O) groups is 1. The molecule has 2 bridgehead atoms. The van der Waals surface area contributed by atoms with Crippen molar-refractivity contribution in [3.8, 4) is 0 Å². The minimum atomic E-state index is 0.0584. The molecule has 0 heterocycles.